The van der Waals surface area contributed by atoms with E-state index in [4.69, 9.17) is 13.9 Å². The summed E-state index contributed by atoms with van der Waals surface area (Å²) in [4.78, 5) is 54.1. The molecule has 2 aliphatic carbocycles. The Morgan fingerprint density at radius 2 is 1.87 bits per heavy atom. The minimum atomic E-state index is -1.32. The molecule has 0 radical (unpaired) electrons. The van der Waals surface area contributed by atoms with Crippen LogP contribution in [0.2, 0.25) is 0 Å². The lowest BCUT2D eigenvalue weighted by Gasteiger charge is -2.44. The molecule has 244 valence electrons. The highest BCUT2D eigenvalue weighted by atomic mass is 127. The lowest BCUT2D eigenvalue weighted by Crippen LogP contribution is -2.58. The lowest BCUT2D eigenvalue weighted by atomic mass is 9.86. The van der Waals surface area contributed by atoms with E-state index in [-0.39, 0.29) is 48.2 Å². The van der Waals surface area contributed by atoms with Gasteiger partial charge in [-0.15, -0.1) is 0 Å². The number of aldehydes is 1. The summed E-state index contributed by atoms with van der Waals surface area (Å²) in [5, 5.41) is 24.6. The van der Waals surface area contributed by atoms with Gasteiger partial charge < -0.3 is 34.3 Å². The Hall–Kier alpha value is -3.75. The highest BCUT2D eigenvalue weighted by molar-refractivity contribution is 14.1. The quantitative estimate of drug-likeness (QED) is 0.121. The van der Waals surface area contributed by atoms with Crippen LogP contribution in [0.3, 0.4) is 0 Å². The standard InChI is InChI=1S/C34H37IN2O9/c1-44-29-15-20(19-39)14-25(35)31(29)45-28-18-22(32(41)36-12-13-38)17-26(30(28)40)37(23-9-4-2-3-5-10-23)33(42)24-16-21-8-6-7-11-27(21)46-34(24)43/h6-8,11,14-16,18-19,23,26,28,30,38,40H,2-5,9-10,12-13,17H2,1H3,(H,36,41). The minimum Gasteiger partial charge on any atom is -0.493 e. The number of hydrogen-bond donors (Lipinski definition) is 3. The molecular formula is C34H37IN2O9. The summed E-state index contributed by atoms with van der Waals surface area (Å²) < 4.78 is 17.9. The number of aliphatic hydroxyl groups excluding tert-OH is 2. The van der Waals surface area contributed by atoms with Gasteiger partial charge in [-0.1, -0.05) is 43.9 Å². The molecule has 3 aromatic rings. The number of para-hydroxylation sites is 1. The van der Waals surface area contributed by atoms with E-state index in [1.807, 2.05) is 22.6 Å². The molecular weight excluding hydrogens is 707 g/mol. The Labute approximate surface area is 279 Å². The minimum absolute atomic E-state index is 0.0111. The highest BCUT2D eigenvalue weighted by Gasteiger charge is 2.44. The van der Waals surface area contributed by atoms with E-state index in [0.717, 1.165) is 25.7 Å². The maximum Gasteiger partial charge on any atom is 0.349 e. The molecule has 2 aromatic carbocycles. The number of nitrogens with one attached hydrogen (secondary N) is 1. The zero-order valence-electron chi connectivity index (χ0n) is 25.4. The third-order valence-electron chi connectivity index (χ3n) is 8.54. The summed E-state index contributed by atoms with van der Waals surface area (Å²) in [6.07, 6.45) is 4.79. The van der Waals surface area contributed by atoms with Gasteiger partial charge in [0.25, 0.3) is 5.91 Å². The van der Waals surface area contributed by atoms with Crippen LogP contribution in [0.5, 0.6) is 11.5 Å². The van der Waals surface area contributed by atoms with Gasteiger partial charge in [0.2, 0.25) is 5.91 Å². The van der Waals surface area contributed by atoms with Crippen molar-refractivity contribution in [2.45, 2.75) is 69.2 Å². The molecule has 1 saturated carbocycles. The normalized spacial score (nSPS) is 20.3. The zero-order valence-corrected chi connectivity index (χ0v) is 27.6. The van der Waals surface area contributed by atoms with Crippen LogP contribution in [0.1, 0.15) is 65.7 Å². The van der Waals surface area contributed by atoms with E-state index < -0.39 is 35.7 Å². The molecule has 0 bridgehead atoms. The number of benzene rings is 2. The molecule has 1 heterocycles. The second-order valence-corrected chi connectivity index (χ2v) is 12.7. The molecule has 11 nitrogen and oxygen atoms in total. The van der Waals surface area contributed by atoms with Crippen LogP contribution < -0.4 is 20.4 Å². The summed E-state index contributed by atoms with van der Waals surface area (Å²) in [6.45, 7) is -0.259. The molecule has 0 saturated heterocycles. The first-order valence-corrected chi connectivity index (χ1v) is 16.5. The molecule has 1 fully saturated rings. The topological polar surface area (TPSA) is 156 Å². The van der Waals surface area contributed by atoms with Crippen molar-refractivity contribution in [3.8, 4) is 11.5 Å². The fraction of sp³-hybridized carbons (Fsp3) is 0.412. The molecule has 2 amide bonds. The van der Waals surface area contributed by atoms with Crippen molar-refractivity contribution < 1.29 is 38.5 Å². The maximum atomic E-state index is 14.5. The number of methoxy groups -OCH3 is 1. The number of halogens is 1. The second kappa shape index (κ2) is 15.2. The summed E-state index contributed by atoms with van der Waals surface area (Å²) >= 11 is 2.00. The number of amides is 2. The molecule has 12 heteroatoms. The van der Waals surface area contributed by atoms with Gasteiger partial charge in [-0.3, -0.25) is 14.4 Å². The number of carbonyl (C=O) groups is 3. The summed E-state index contributed by atoms with van der Waals surface area (Å²) in [6, 6.07) is 10.3. The molecule has 5 rings (SSSR count). The van der Waals surface area contributed by atoms with Gasteiger partial charge in [0.05, 0.1) is 23.3 Å². The third-order valence-corrected chi connectivity index (χ3v) is 9.34. The van der Waals surface area contributed by atoms with E-state index in [0.29, 0.717) is 39.2 Å². The second-order valence-electron chi connectivity index (χ2n) is 11.5. The molecule has 0 spiro atoms. The molecule has 2 aliphatic rings. The van der Waals surface area contributed by atoms with Gasteiger partial charge in [0, 0.05) is 35.5 Å². The van der Waals surface area contributed by atoms with Gasteiger partial charge in [-0.25, -0.2) is 4.79 Å². The van der Waals surface area contributed by atoms with Gasteiger partial charge in [0.15, 0.2) is 11.5 Å². The monoisotopic (exact) mass is 744 g/mol. The number of ether oxygens (including phenoxy) is 2. The number of rotatable bonds is 10. The SMILES string of the molecule is COc1cc(C=O)cc(I)c1OC1C=C(C(=O)NCCO)CC(N(C(=O)c2cc3ccccc3oc2=O)C2CCCCCC2)C1O. The van der Waals surface area contributed by atoms with Crippen molar-refractivity contribution in [2.24, 2.45) is 0 Å². The predicted octanol–water partition coefficient (Wildman–Crippen LogP) is 4.00. The van der Waals surface area contributed by atoms with Crippen molar-refractivity contribution >= 4 is 51.7 Å². The largest absolute Gasteiger partial charge is 0.493 e. The first-order chi connectivity index (χ1) is 22.2. The molecule has 1 aromatic heterocycles. The molecule has 3 N–H and O–H groups in total. The summed E-state index contributed by atoms with van der Waals surface area (Å²) in [5.74, 6) is -0.550. The van der Waals surface area contributed by atoms with Crippen molar-refractivity contribution in [1.29, 1.82) is 0 Å². The van der Waals surface area contributed by atoms with Crippen LogP contribution in [-0.2, 0) is 4.79 Å². The summed E-state index contributed by atoms with van der Waals surface area (Å²) in [7, 11) is 1.43. The highest BCUT2D eigenvalue weighted by Crippen LogP contribution is 2.38. The van der Waals surface area contributed by atoms with Gasteiger partial charge >= 0.3 is 5.63 Å². The fourth-order valence-electron chi connectivity index (χ4n) is 6.28. The first kappa shape index (κ1) is 33.6. The zero-order chi connectivity index (χ0) is 32.8. The van der Waals surface area contributed by atoms with Gasteiger partial charge in [-0.2, -0.15) is 0 Å². The van der Waals surface area contributed by atoms with Crippen LogP contribution in [0.15, 0.2) is 63.3 Å². The first-order valence-electron chi connectivity index (χ1n) is 15.4. The van der Waals surface area contributed by atoms with Crippen molar-refractivity contribution in [3.05, 3.63) is 79.2 Å². The molecule has 0 aliphatic heterocycles. The summed E-state index contributed by atoms with van der Waals surface area (Å²) in [5.41, 5.74) is 0.0329. The lowest BCUT2D eigenvalue weighted by molar-refractivity contribution is -0.118. The van der Waals surface area contributed by atoms with Crippen LogP contribution in [0.4, 0.5) is 0 Å². The third kappa shape index (κ3) is 7.29. The molecule has 3 unspecified atom stereocenters. The van der Waals surface area contributed by atoms with Crippen molar-refractivity contribution in [3.63, 3.8) is 0 Å². The van der Waals surface area contributed by atoms with Gasteiger partial charge in [0.1, 0.15) is 29.6 Å². The Kier molecular flexibility index (Phi) is 11.1. The Bertz CT molecular complexity index is 1680. The van der Waals surface area contributed by atoms with Crippen LogP contribution in [0.25, 0.3) is 11.0 Å². The fourth-order valence-corrected chi connectivity index (χ4v) is 7.03. The Balaban J connectivity index is 1.60. The number of carbonyl (C=O) groups excluding carboxylic acids is 3. The Morgan fingerprint density at radius 3 is 2.57 bits per heavy atom. The van der Waals surface area contributed by atoms with Gasteiger partial charge in [-0.05, 0) is 65.8 Å². The average Bonchev–Trinajstić information content (AvgIpc) is 3.34. The van der Waals surface area contributed by atoms with E-state index >= 15 is 0 Å². The maximum absolute atomic E-state index is 14.5. The number of fused-ring (bicyclic) bond motifs is 1. The van der Waals surface area contributed by atoms with E-state index in [1.165, 1.54) is 25.3 Å². The van der Waals surface area contributed by atoms with E-state index in [9.17, 15) is 29.4 Å². The van der Waals surface area contributed by atoms with Crippen LogP contribution in [0, 0.1) is 3.57 Å². The van der Waals surface area contributed by atoms with Crippen molar-refractivity contribution in [2.75, 3.05) is 20.3 Å². The number of aliphatic hydroxyl groups is 2. The Morgan fingerprint density at radius 1 is 1.13 bits per heavy atom. The van der Waals surface area contributed by atoms with Crippen molar-refractivity contribution in [1.82, 2.24) is 10.2 Å². The molecule has 46 heavy (non-hydrogen) atoms. The van der Waals surface area contributed by atoms with E-state index in [2.05, 4.69) is 5.32 Å². The van der Waals surface area contributed by atoms with Crippen LogP contribution in [-0.4, -0.2) is 77.8 Å². The van der Waals surface area contributed by atoms with E-state index in [1.54, 1.807) is 35.2 Å². The average molecular weight is 745 g/mol. The van der Waals surface area contributed by atoms with Crippen LogP contribution >= 0.6 is 22.6 Å². The smallest absolute Gasteiger partial charge is 0.349 e. The number of hydrogen-bond acceptors (Lipinski definition) is 9. The predicted molar refractivity (Wildman–Crippen MR) is 178 cm³/mol. The number of nitrogens with zero attached hydrogens (tertiary/aromatic N) is 1. The molecule has 3 atom stereocenters.